The van der Waals surface area contributed by atoms with E-state index in [1.807, 2.05) is 13.0 Å². The van der Waals surface area contributed by atoms with Gasteiger partial charge in [0, 0.05) is 5.41 Å². The lowest BCUT2D eigenvalue weighted by molar-refractivity contribution is -0.174. The minimum Gasteiger partial charge on any atom is -0.451 e. The molecule has 3 N–H and O–H groups in total. The van der Waals surface area contributed by atoms with Crippen molar-refractivity contribution in [1.29, 1.82) is 5.26 Å². The molecule has 44 heavy (non-hydrogen) atoms. The molecule has 4 aliphatic carbocycles. The Hall–Kier alpha value is -3.75. The van der Waals surface area contributed by atoms with Crippen LogP contribution in [0.15, 0.2) is 69.8 Å². The van der Waals surface area contributed by atoms with Crippen molar-refractivity contribution in [3.8, 4) is 6.07 Å². The number of halogens is 1. The topological polar surface area (TPSA) is 152 Å². The van der Waals surface area contributed by atoms with Gasteiger partial charge >= 0.3 is 5.97 Å². The van der Waals surface area contributed by atoms with Gasteiger partial charge in [0.15, 0.2) is 17.7 Å². The number of nitrogens with zero attached hydrogens (tertiary/aromatic N) is 3. The number of aliphatic imine (C=N–C) groups is 1. The number of oxazole rings is 1. The minimum absolute atomic E-state index is 0.00870. The summed E-state index contributed by atoms with van der Waals surface area (Å²) in [6, 6.07) is 8.01. The first-order valence-electron chi connectivity index (χ1n) is 14.9. The number of carbonyl (C=O) groups is 2. The lowest BCUT2D eigenvalue weighted by Gasteiger charge is -2.60. The van der Waals surface area contributed by atoms with Crippen LogP contribution in [0.3, 0.4) is 0 Å². The molecule has 0 amide bonds. The van der Waals surface area contributed by atoms with Gasteiger partial charge in [0.2, 0.25) is 5.12 Å². The lowest BCUT2D eigenvalue weighted by Crippen LogP contribution is -2.62. The number of aliphatic hydroxyl groups is 1. The van der Waals surface area contributed by atoms with Crippen molar-refractivity contribution in [2.24, 2.45) is 39.3 Å². The highest BCUT2D eigenvalue weighted by Gasteiger charge is 2.70. The third kappa shape index (κ3) is 4.70. The highest BCUT2D eigenvalue weighted by atomic mass is 32.2. The van der Waals surface area contributed by atoms with Crippen molar-refractivity contribution in [3.05, 3.63) is 71.9 Å². The fourth-order valence-corrected chi connectivity index (χ4v) is 9.67. The van der Waals surface area contributed by atoms with Gasteiger partial charge in [0.25, 0.3) is 0 Å². The summed E-state index contributed by atoms with van der Waals surface area (Å²) in [4.78, 5) is 35.8. The molecule has 0 radical (unpaired) electrons. The summed E-state index contributed by atoms with van der Waals surface area (Å²) in [7, 11) is 0. The molecule has 1 aromatic heterocycles. The van der Waals surface area contributed by atoms with Gasteiger partial charge in [-0.1, -0.05) is 31.2 Å². The monoisotopic (exact) mass is 618 g/mol. The highest BCUT2D eigenvalue weighted by Crippen LogP contribution is 2.69. The van der Waals surface area contributed by atoms with E-state index in [-0.39, 0.29) is 46.6 Å². The minimum atomic E-state index is -1.53. The molecule has 11 heteroatoms. The van der Waals surface area contributed by atoms with Crippen LogP contribution in [0.4, 0.5) is 10.1 Å². The largest absolute Gasteiger partial charge is 0.451 e. The molecule has 2 aromatic rings. The first kappa shape index (κ1) is 30.3. The van der Waals surface area contributed by atoms with E-state index in [9.17, 15) is 24.3 Å². The van der Waals surface area contributed by atoms with Gasteiger partial charge in [-0.2, -0.15) is 5.26 Å². The fraction of sp³-hybridized carbons (Fsp3) is 0.485. The van der Waals surface area contributed by atoms with Crippen LogP contribution in [0.5, 0.6) is 0 Å². The van der Waals surface area contributed by atoms with Crippen LogP contribution in [0, 0.1) is 45.7 Å². The highest BCUT2D eigenvalue weighted by molar-refractivity contribution is 8.14. The Morgan fingerprint density at radius 3 is 2.77 bits per heavy atom. The van der Waals surface area contributed by atoms with Crippen LogP contribution in [0.1, 0.15) is 62.9 Å². The predicted octanol–water partition coefficient (Wildman–Crippen LogP) is 5.65. The van der Waals surface area contributed by atoms with Gasteiger partial charge in [-0.15, -0.1) is 0 Å². The summed E-state index contributed by atoms with van der Waals surface area (Å²) < 4.78 is 24.6. The van der Waals surface area contributed by atoms with Crippen molar-refractivity contribution < 1.29 is 28.2 Å². The van der Waals surface area contributed by atoms with Crippen molar-refractivity contribution in [2.75, 3.05) is 5.75 Å². The van der Waals surface area contributed by atoms with Crippen LogP contribution in [-0.2, 0) is 9.53 Å². The molecule has 1 heterocycles. The molecule has 1 aromatic carbocycles. The number of hydrogen-bond acceptors (Lipinski definition) is 10. The number of benzene rings is 1. The molecule has 6 rings (SSSR count). The van der Waals surface area contributed by atoms with Crippen LogP contribution < -0.4 is 5.73 Å². The Morgan fingerprint density at radius 1 is 1.32 bits per heavy atom. The molecule has 3 saturated carbocycles. The lowest BCUT2D eigenvalue weighted by atomic mass is 9.45. The average molecular weight is 619 g/mol. The molecule has 4 aliphatic rings. The Kier molecular flexibility index (Phi) is 7.79. The standard InChI is InChI=1S/C33H35FN4O5S/c1-31-14-19(16-36)25(38-22-6-4-21(34)5-7-22)13-20(31)3-8-23-24-9-10-33(30(41)44-12-11-35,32(24,2)15-27(39)28(23)31)43-29(40)26-17-42-18-37-26/h4-7,13,16-18,23-24,27-28,39H,3,8-10,12,14-15,36H2,1-2H3/t23-,24?,27?,28?,31-,32-,33-/m0/s1. The maximum absolute atomic E-state index is 13.9. The third-order valence-electron chi connectivity index (χ3n) is 10.8. The number of nitriles is 1. The van der Waals surface area contributed by atoms with Crippen LogP contribution in [-0.4, -0.2) is 44.3 Å². The molecule has 0 spiro atoms. The van der Waals surface area contributed by atoms with Crippen LogP contribution in [0.25, 0.3) is 0 Å². The molecule has 9 nitrogen and oxygen atoms in total. The Labute approximate surface area is 259 Å². The Balaban J connectivity index is 1.35. The second-order valence-electron chi connectivity index (χ2n) is 12.8. The number of fused-ring (bicyclic) bond motifs is 5. The van der Waals surface area contributed by atoms with E-state index in [1.165, 1.54) is 24.0 Å². The van der Waals surface area contributed by atoms with Gasteiger partial charge in [-0.3, -0.25) is 4.79 Å². The van der Waals surface area contributed by atoms with Crippen molar-refractivity contribution in [3.63, 3.8) is 0 Å². The molecule has 230 valence electrons. The number of thioether (sulfide) groups is 1. The molecule has 0 aliphatic heterocycles. The molecule has 3 fully saturated rings. The predicted molar refractivity (Wildman–Crippen MR) is 162 cm³/mol. The van der Waals surface area contributed by atoms with E-state index < -0.39 is 28.5 Å². The van der Waals surface area contributed by atoms with Gasteiger partial charge in [-0.05, 0) is 104 Å². The van der Waals surface area contributed by atoms with Crippen molar-refractivity contribution in [2.45, 2.75) is 64.1 Å². The molecule has 0 bridgehead atoms. The number of hydrogen-bond donors (Lipinski definition) is 2. The van der Waals surface area contributed by atoms with Crippen molar-refractivity contribution in [1.82, 2.24) is 4.98 Å². The number of aliphatic hydroxyl groups excluding tert-OH is 1. The number of aromatic nitrogens is 1. The smallest absolute Gasteiger partial charge is 0.361 e. The Bertz CT molecular complexity index is 1600. The van der Waals surface area contributed by atoms with E-state index in [4.69, 9.17) is 19.9 Å². The molecular formula is C33H35FN4O5S. The second kappa shape index (κ2) is 11.3. The normalized spacial score (nSPS) is 36.1. The summed E-state index contributed by atoms with van der Waals surface area (Å²) in [6.07, 6.45) is 8.50. The molecule has 0 saturated heterocycles. The summed E-state index contributed by atoms with van der Waals surface area (Å²) >= 11 is 0.852. The number of esters is 1. The van der Waals surface area contributed by atoms with Crippen molar-refractivity contribution >= 4 is 34.2 Å². The van der Waals surface area contributed by atoms with Gasteiger partial charge in [-0.25, -0.2) is 19.2 Å². The van der Waals surface area contributed by atoms with Gasteiger partial charge in [0.1, 0.15) is 12.1 Å². The molecular weight excluding hydrogens is 583 g/mol. The number of ether oxygens (including phenoxy) is 1. The zero-order valence-corrected chi connectivity index (χ0v) is 25.5. The van der Waals surface area contributed by atoms with E-state index in [2.05, 4.69) is 18.0 Å². The quantitative estimate of drug-likeness (QED) is 0.405. The molecule has 3 unspecified atom stereocenters. The summed E-state index contributed by atoms with van der Waals surface area (Å²) in [5.74, 6) is -1.23. The zero-order chi connectivity index (χ0) is 31.3. The maximum Gasteiger partial charge on any atom is 0.361 e. The SMILES string of the molecule is C[C@]12CC(=CN)C(=Nc3ccc(F)cc3)C=C1CC[C@@H]1C2C(O)C[C@@]2(C)C1CC[C@]2(OC(=O)c1cocn1)C(=O)SCC#N. The van der Waals surface area contributed by atoms with E-state index in [0.717, 1.165) is 42.3 Å². The maximum atomic E-state index is 13.9. The van der Waals surface area contributed by atoms with Crippen LogP contribution in [0.2, 0.25) is 0 Å². The average Bonchev–Trinajstić information content (AvgIpc) is 3.64. The zero-order valence-electron chi connectivity index (χ0n) is 24.7. The summed E-state index contributed by atoms with van der Waals surface area (Å²) in [6.45, 7) is 4.14. The molecule has 7 atom stereocenters. The van der Waals surface area contributed by atoms with E-state index >= 15 is 0 Å². The first-order chi connectivity index (χ1) is 21.1. The van der Waals surface area contributed by atoms with Gasteiger partial charge in [0.05, 0.1) is 29.3 Å². The van der Waals surface area contributed by atoms with E-state index in [1.54, 1.807) is 18.3 Å². The van der Waals surface area contributed by atoms with Crippen LogP contribution >= 0.6 is 11.8 Å². The van der Waals surface area contributed by atoms with Gasteiger partial charge < -0.3 is 20.0 Å². The number of carbonyl (C=O) groups excluding carboxylic acids is 2. The second-order valence-corrected chi connectivity index (χ2v) is 13.8. The Morgan fingerprint density at radius 2 is 2.09 bits per heavy atom. The fourth-order valence-electron chi connectivity index (χ4n) is 8.86. The number of nitrogens with two attached hydrogens (primary N) is 1. The summed E-state index contributed by atoms with van der Waals surface area (Å²) in [5, 5.41) is 20.9. The number of allylic oxidation sites excluding steroid dienone is 3. The van der Waals surface area contributed by atoms with E-state index in [0.29, 0.717) is 24.9 Å². The number of rotatable bonds is 5. The first-order valence-corrected chi connectivity index (χ1v) is 15.8. The summed E-state index contributed by atoms with van der Waals surface area (Å²) in [5.41, 5.74) is 6.72. The third-order valence-corrected chi connectivity index (χ3v) is 11.6.